The lowest BCUT2D eigenvalue weighted by molar-refractivity contribution is -0.130. The van der Waals surface area contributed by atoms with E-state index in [9.17, 15) is 9.90 Å². The van der Waals surface area contributed by atoms with Gasteiger partial charge in [-0.3, -0.25) is 4.79 Å². The van der Waals surface area contributed by atoms with E-state index in [0.29, 0.717) is 13.2 Å². The van der Waals surface area contributed by atoms with Crippen LogP contribution >= 0.6 is 0 Å². The Bertz CT molecular complexity index is 243. The first kappa shape index (κ1) is 11.9. The zero-order valence-corrected chi connectivity index (χ0v) is 9.71. The van der Waals surface area contributed by atoms with Gasteiger partial charge in [-0.1, -0.05) is 12.8 Å². The lowest BCUT2D eigenvalue weighted by Gasteiger charge is -2.27. The van der Waals surface area contributed by atoms with Crippen molar-refractivity contribution in [1.29, 1.82) is 0 Å². The summed E-state index contributed by atoms with van der Waals surface area (Å²) >= 11 is 0. The molecule has 1 amide bonds. The first-order valence-electron chi connectivity index (χ1n) is 6.26. The lowest BCUT2D eigenvalue weighted by atomic mass is 9.87. The van der Waals surface area contributed by atoms with Crippen LogP contribution in [-0.4, -0.2) is 36.9 Å². The van der Waals surface area contributed by atoms with Crippen molar-refractivity contribution in [2.75, 3.05) is 19.8 Å². The first-order valence-corrected chi connectivity index (χ1v) is 6.26. The predicted molar refractivity (Wildman–Crippen MR) is 60.0 cm³/mol. The Morgan fingerprint density at radius 2 is 2.12 bits per heavy atom. The maximum absolute atomic E-state index is 11.7. The zero-order valence-electron chi connectivity index (χ0n) is 9.71. The smallest absolute Gasteiger partial charge is 0.249 e. The third-order valence-electron chi connectivity index (χ3n) is 3.86. The molecule has 0 aromatic heterocycles. The second kappa shape index (κ2) is 5.15. The van der Waals surface area contributed by atoms with Crippen molar-refractivity contribution in [3.05, 3.63) is 0 Å². The van der Waals surface area contributed by atoms with Crippen molar-refractivity contribution in [2.45, 2.75) is 44.6 Å². The van der Waals surface area contributed by atoms with E-state index in [4.69, 9.17) is 4.74 Å². The van der Waals surface area contributed by atoms with E-state index in [0.717, 1.165) is 38.5 Å². The van der Waals surface area contributed by atoms with Crippen LogP contribution in [0.2, 0.25) is 0 Å². The minimum absolute atomic E-state index is 0.00257. The van der Waals surface area contributed by atoms with Crippen LogP contribution in [0.4, 0.5) is 0 Å². The highest BCUT2D eigenvalue weighted by Crippen LogP contribution is 2.36. The highest BCUT2D eigenvalue weighted by Gasteiger charge is 2.34. The van der Waals surface area contributed by atoms with Crippen molar-refractivity contribution in [3.8, 4) is 0 Å². The molecule has 2 aliphatic rings. The minimum atomic E-state index is -0.253. The molecule has 1 saturated carbocycles. The number of hydrogen-bond acceptors (Lipinski definition) is 3. The molecule has 0 bridgehead atoms. The summed E-state index contributed by atoms with van der Waals surface area (Å²) in [5, 5.41) is 12.3. The summed E-state index contributed by atoms with van der Waals surface area (Å²) in [5.41, 5.74) is -0.0612. The number of rotatable bonds is 4. The fraction of sp³-hybridized carbons (Fsp3) is 0.917. The molecule has 4 nitrogen and oxygen atoms in total. The minimum Gasteiger partial charge on any atom is -0.396 e. The number of hydrogen-bond donors (Lipinski definition) is 2. The Hall–Kier alpha value is -0.610. The Morgan fingerprint density at radius 3 is 2.69 bits per heavy atom. The molecule has 0 aromatic carbocycles. The summed E-state index contributed by atoms with van der Waals surface area (Å²) in [7, 11) is 0. The van der Waals surface area contributed by atoms with Crippen molar-refractivity contribution < 1.29 is 14.6 Å². The molecule has 1 aliphatic carbocycles. The number of aliphatic hydroxyl groups is 1. The molecule has 0 radical (unpaired) electrons. The van der Waals surface area contributed by atoms with Gasteiger partial charge < -0.3 is 15.2 Å². The molecule has 1 heterocycles. The standard InChI is InChI=1S/C12H21NO3/c14-9-12(5-1-2-6-12)8-13-11(15)10-4-3-7-16-10/h10,14H,1-9H2,(H,13,15). The highest BCUT2D eigenvalue weighted by atomic mass is 16.5. The van der Waals surface area contributed by atoms with E-state index in [1.165, 1.54) is 0 Å². The fourth-order valence-electron chi connectivity index (χ4n) is 2.69. The normalized spacial score (nSPS) is 28.2. The maximum atomic E-state index is 11.7. The van der Waals surface area contributed by atoms with E-state index in [1.54, 1.807) is 0 Å². The Labute approximate surface area is 96.4 Å². The molecular weight excluding hydrogens is 206 g/mol. The van der Waals surface area contributed by atoms with Gasteiger partial charge in [-0.2, -0.15) is 0 Å². The summed E-state index contributed by atoms with van der Waals surface area (Å²) in [6.07, 6.45) is 5.93. The average molecular weight is 227 g/mol. The SMILES string of the molecule is O=C(NCC1(CO)CCCC1)C1CCCO1. The summed E-state index contributed by atoms with van der Waals surface area (Å²) in [4.78, 5) is 11.7. The quantitative estimate of drug-likeness (QED) is 0.748. The van der Waals surface area contributed by atoms with Crippen molar-refractivity contribution in [3.63, 3.8) is 0 Å². The molecule has 2 N–H and O–H groups in total. The van der Waals surface area contributed by atoms with Gasteiger partial charge in [0.1, 0.15) is 6.10 Å². The molecular formula is C12H21NO3. The highest BCUT2D eigenvalue weighted by molar-refractivity contribution is 5.81. The van der Waals surface area contributed by atoms with Crippen LogP contribution in [0.3, 0.4) is 0 Å². The van der Waals surface area contributed by atoms with Crippen LogP contribution in [0.1, 0.15) is 38.5 Å². The lowest BCUT2D eigenvalue weighted by Crippen LogP contribution is -2.42. The van der Waals surface area contributed by atoms with E-state index in [-0.39, 0.29) is 24.0 Å². The largest absolute Gasteiger partial charge is 0.396 e. The number of amides is 1. The fourth-order valence-corrected chi connectivity index (χ4v) is 2.69. The Balaban J connectivity index is 1.79. The van der Waals surface area contributed by atoms with Crippen molar-refractivity contribution in [1.82, 2.24) is 5.32 Å². The van der Waals surface area contributed by atoms with Gasteiger partial charge >= 0.3 is 0 Å². The van der Waals surface area contributed by atoms with Crippen LogP contribution in [0.25, 0.3) is 0 Å². The van der Waals surface area contributed by atoms with Gasteiger partial charge in [-0.25, -0.2) is 0 Å². The number of aliphatic hydroxyl groups excluding tert-OH is 1. The average Bonchev–Trinajstić information content (AvgIpc) is 2.98. The number of carbonyl (C=O) groups is 1. The van der Waals surface area contributed by atoms with Crippen LogP contribution in [-0.2, 0) is 9.53 Å². The van der Waals surface area contributed by atoms with E-state index in [2.05, 4.69) is 5.32 Å². The van der Waals surface area contributed by atoms with Crippen molar-refractivity contribution in [2.24, 2.45) is 5.41 Å². The summed E-state index contributed by atoms with van der Waals surface area (Å²) in [6.45, 7) is 1.48. The van der Waals surface area contributed by atoms with Gasteiger partial charge in [-0.15, -0.1) is 0 Å². The summed E-state index contributed by atoms with van der Waals surface area (Å²) in [6, 6.07) is 0. The molecule has 4 heteroatoms. The van der Waals surface area contributed by atoms with Crippen LogP contribution in [0.5, 0.6) is 0 Å². The monoisotopic (exact) mass is 227 g/mol. The van der Waals surface area contributed by atoms with E-state index < -0.39 is 0 Å². The second-order valence-corrected chi connectivity index (χ2v) is 5.08. The summed E-state index contributed by atoms with van der Waals surface area (Å²) in [5.74, 6) is -0.00257. The number of carbonyl (C=O) groups excluding carboxylic acids is 1. The van der Waals surface area contributed by atoms with Gasteiger partial charge in [-0.05, 0) is 25.7 Å². The van der Waals surface area contributed by atoms with Crippen LogP contribution in [0, 0.1) is 5.41 Å². The van der Waals surface area contributed by atoms with Gasteiger partial charge in [0, 0.05) is 18.6 Å². The maximum Gasteiger partial charge on any atom is 0.249 e. The molecule has 1 unspecified atom stereocenters. The third kappa shape index (κ3) is 2.55. The third-order valence-corrected chi connectivity index (χ3v) is 3.86. The topological polar surface area (TPSA) is 58.6 Å². The molecule has 92 valence electrons. The predicted octanol–water partition coefficient (Wildman–Crippen LogP) is 0.834. The Morgan fingerprint density at radius 1 is 1.38 bits per heavy atom. The number of ether oxygens (including phenoxy) is 1. The van der Waals surface area contributed by atoms with Gasteiger partial charge in [0.05, 0.1) is 6.61 Å². The molecule has 16 heavy (non-hydrogen) atoms. The van der Waals surface area contributed by atoms with Gasteiger partial charge in [0.15, 0.2) is 0 Å². The molecule has 0 aromatic rings. The van der Waals surface area contributed by atoms with Gasteiger partial charge in [0.2, 0.25) is 5.91 Å². The summed E-state index contributed by atoms with van der Waals surface area (Å²) < 4.78 is 5.32. The van der Waals surface area contributed by atoms with Crippen LogP contribution in [0.15, 0.2) is 0 Å². The Kier molecular flexibility index (Phi) is 3.82. The second-order valence-electron chi connectivity index (χ2n) is 5.08. The molecule has 2 fully saturated rings. The van der Waals surface area contributed by atoms with Crippen molar-refractivity contribution >= 4 is 5.91 Å². The molecule has 2 rings (SSSR count). The van der Waals surface area contributed by atoms with Crippen LogP contribution < -0.4 is 5.32 Å². The van der Waals surface area contributed by atoms with E-state index in [1.807, 2.05) is 0 Å². The van der Waals surface area contributed by atoms with E-state index >= 15 is 0 Å². The number of nitrogens with one attached hydrogen (secondary N) is 1. The molecule has 1 aliphatic heterocycles. The van der Waals surface area contributed by atoms with Gasteiger partial charge in [0.25, 0.3) is 0 Å². The first-order chi connectivity index (χ1) is 7.76. The molecule has 1 atom stereocenters. The molecule has 1 saturated heterocycles. The molecule has 0 spiro atoms. The zero-order chi connectivity index (χ0) is 11.4.